The van der Waals surface area contributed by atoms with Gasteiger partial charge in [-0.05, 0) is 51.4 Å². The van der Waals surface area contributed by atoms with E-state index in [2.05, 4.69) is 43.5 Å². The average Bonchev–Trinajstić information content (AvgIpc) is 3.33. The lowest BCUT2D eigenvalue weighted by Gasteiger charge is -2.40. The zero-order valence-electron chi connectivity index (χ0n) is 43.1. The molecule has 1 amide bonds. The standard InChI is InChI=1S/C56H107NO10/c1-3-5-7-9-11-13-15-17-18-19-20-21-22-23-24-25-26-27-28-29-30-32-34-36-38-40-42-44-49(60)55(65)57-47(46-66-56-54(64)53(63)52(62)50(45-58)67-56)51(61)48(59)43-41-39-37-35-33-31-16-14-12-10-8-6-4-2/h14,16,35,37,47-54,56,58-64H,3-13,15,17-34,36,38-46H2,1-2H3,(H,57,65)/b16-14+,37-35+. The van der Waals surface area contributed by atoms with Gasteiger partial charge in [-0.2, -0.15) is 0 Å². The summed E-state index contributed by atoms with van der Waals surface area (Å²) in [7, 11) is 0. The zero-order chi connectivity index (χ0) is 49.0. The van der Waals surface area contributed by atoms with Crippen molar-refractivity contribution in [3.05, 3.63) is 24.3 Å². The third-order valence-electron chi connectivity index (χ3n) is 13.7. The molecule has 0 aromatic rings. The van der Waals surface area contributed by atoms with Crippen molar-refractivity contribution in [1.82, 2.24) is 5.32 Å². The van der Waals surface area contributed by atoms with Gasteiger partial charge < -0.3 is 50.5 Å². The molecule has 0 saturated carbocycles. The zero-order valence-corrected chi connectivity index (χ0v) is 43.1. The van der Waals surface area contributed by atoms with Crippen LogP contribution < -0.4 is 5.32 Å². The molecule has 0 aromatic carbocycles. The van der Waals surface area contributed by atoms with E-state index in [0.29, 0.717) is 19.3 Å². The Morgan fingerprint density at radius 3 is 1.33 bits per heavy atom. The SMILES string of the molecule is CCCCCC/C=C/CC/C=C/CCCC(O)C(O)C(COC1OC(CO)C(O)C(O)C1O)NC(=O)C(O)CCCCCCCCCCCCCCCCCCCCCCCCCCCCC. The number of allylic oxidation sites excluding steroid dienone is 4. The molecule has 8 N–H and O–H groups in total. The Balaban J connectivity index is 2.26. The fourth-order valence-electron chi connectivity index (χ4n) is 9.11. The lowest BCUT2D eigenvalue weighted by molar-refractivity contribution is -0.303. The lowest BCUT2D eigenvalue weighted by atomic mass is 9.98. The number of unbranched alkanes of at least 4 members (excludes halogenated alkanes) is 32. The van der Waals surface area contributed by atoms with Crippen LogP contribution in [0.25, 0.3) is 0 Å². The summed E-state index contributed by atoms with van der Waals surface area (Å²) >= 11 is 0. The Labute approximate surface area is 410 Å². The monoisotopic (exact) mass is 954 g/mol. The minimum absolute atomic E-state index is 0.248. The maximum Gasteiger partial charge on any atom is 0.249 e. The molecule has 67 heavy (non-hydrogen) atoms. The van der Waals surface area contributed by atoms with Crippen molar-refractivity contribution in [2.75, 3.05) is 13.2 Å². The van der Waals surface area contributed by atoms with Crippen LogP contribution in [0.4, 0.5) is 0 Å². The number of carbonyl (C=O) groups is 1. The van der Waals surface area contributed by atoms with Crippen LogP contribution in [-0.4, -0.2) is 110 Å². The molecule has 1 fully saturated rings. The number of carbonyl (C=O) groups excluding carboxylic acids is 1. The largest absolute Gasteiger partial charge is 0.394 e. The predicted octanol–water partition coefficient (Wildman–Crippen LogP) is 11.3. The van der Waals surface area contributed by atoms with E-state index in [1.54, 1.807) is 0 Å². The van der Waals surface area contributed by atoms with E-state index in [9.17, 15) is 40.5 Å². The fraction of sp³-hybridized carbons (Fsp3) is 0.911. The van der Waals surface area contributed by atoms with Crippen molar-refractivity contribution in [1.29, 1.82) is 0 Å². The first-order valence-corrected chi connectivity index (χ1v) is 28.2. The number of nitrogens with one attached hydrogen (secondary N) is 1. The smallest absolute Gasteiger partial charge is 0.249 e. The molecule has 9 atom stereocenters. The van der Waals surface area contributed by atoms with Crippen molar-refractivity contribution in [2.24, 2.45) is 0 Å². The van der Waals surface area contributed by atoms with Crippen molar-refractivity contribution in [3.63, 3.8) is 0 Å². The summed E-state index contributed by atoms with van der Waals surface area (Å²) in [6.07, 6.45) is 42.5. The second-order valence-electron chi connectivity index (χ2n) is 20.0. The van der Waals surface area contributed by atoms with E-state index in [1.165, 1.54) is 173 Å². The molecule has 0 aromatic heterocycles. The van der Waals surface area contributed by atoms with Crippen molar-refractivity contribution < 1.29 is 50.0 Å². The molecule has 1 aliphatic rings. The highest BCUT2D eigenvalue weighted by molar-refractivity contribution is 5.80. The number of amides is 1. The Kier molecular flexibility index (Phi) is 43.4. The van der Waals surface area contributed by atoms with Gasteiger partial charge in [-0.1, -0.05) is 231 Å². The summed E-state index contributed by atoms with van der Waals surface area (Å²) < 4.78 is 11.1. The van der Waals surface area contributed by atoms with Crippen LogP contribution in [0, 0.1) is 0 Å². The van der Waals surface area contributed by atoms with E-state index in [-0.39, 0.29) is 12.8 Å². The van der Waals surface area contributed by atoms with Crippen LogP contribution >= 0.6 is 0 Å². The molecule has 0 spiro atoms. The molecule has 11 nitrogen and oxygen atoms in total. The number of ether oxygens (including phenoxy) is 2. The van der Waals surface area contributed by atoms with Crippen LogP contribution in [0.15, 0.2) is 24.3 Å². The van der Waals surface area contributed by atoms with E-state index < -0.39 is 74.2 Å². The average molecular weight is 954 g/mol. The topological polar surface area (TPSA) is 189 Å². The molecule has 1 aliphatic heterocycles. The van der Waals surface area contributed by atoms with Crippen LogP contribution in [0.3, 0.4) is 0 Å². The highest BCUT2D eigenvalue weighted by atomic mass is 16.7. The second-order valence-corrected chi connectivity index (χ2v) is 20.0. The van der Waals surface area contributed by atoms with E-state index in [1.807, 2.05) is 0 Å². The van der Waals surface area contributed by atoms with Gasteiger partial charge in [0, 0.05) is 0 Å². The van der Waals surface area contributed by atoms with Gasteiger partial charge >= 0.3 is 0 Å². The first-order chi connectivity index (χ1) is 32.7. The summed E-state index contributed by atoms with van der Waals surface area (Å²) in [5.41, 5.74) is 0. The summed E-state index contributed by atoms with van der Waals surface area (Å²) in [6.45, 7) is 3.42. The first-order valence-electron chi connectivity index (χ1n) is 28.2. The molecule has 9 unspecified atom stereocenters. The highest BCUT2D eigenvalue weighted by Gasteiger charge is 2.44. The fourth-order valence-corrected chi connectivity index (χ4v) is 9.11. The predicted molar refractivity (Wildman–Crippen MR) is 275 cm³/mol. The summed E-state index contributed by atoms with van der Waals surface area (Å²) in [4.78, 5) is 13.1. The van der Waals surface area contributed by atoms with E-state index >= 15 is 0 Å². The Hall–Kier alpha value is -1.41. The molecule has 0 bridgehead atoms. The number of hydrogen-bond donors (Lipinski definition) is 8. The quantitative estimate of drug-likeness (QED) is 0.0215. The molecule has 1 rings (SSSR count). The Bertz CT molecular complexity index is 1140. The maximum absolute atomic E-state index is 13.1. The normalized spacial score (nSPS) is 20.8. The molecular formula is C56H107NO10. The third kappa shape index (κ3) is 34.5. The molecule has 0 radical (unpaired) electrons. The molecule has 396 valence electrons. The second kappa shape index (κ2) is 45.7. The van der Waals surface area contributed by atoms with Gasteiger partial charge in [0.05, 0.1) is 25.4 Å². The molecular weight excluding hydrogens is 847 g/mol. The van der Waals surface area contributed by atoms with Crippen LogP contribution in [-0.2, 0) is 14.3 Å². The minimum Gasteiger partial charge on any atom is -0.394 e. The van der Waals surface area contributed by atoms with Crippen LogP contribution in [0.5, 0.6) is 0 Å². The molecule has 1 heterocycles. The minimum atomic E-state index is -1.67. The van der Waals surface area contributed by atoms with Gasteiger partial charge in [0.15, 0.2) is 6.29 Å². The number of aliphatic hydroxyl groups is 7. The summed E-state index contributed by atoms with van der Waals surface area (Å²) in [6, 6.07) is -1.19. The molecule has 11 heteroatoms. The first kappa shape index (κ1) is 63.6. The van der Waals surface area contributed by atoms with Gasteiger partial charge in [-0.15, -0.1) is 0 Å². The lowest BCUT2D eigenvalue weighted by Crippen LogP contribution is -2.60. The van der Waals surface area contributed by atoms with Crippen molar-refractivity contribution >= 4 is 5.91 Å². The van der Waals surface area contributed by atoms with Crippen molar-refractivity contribution in [2.45, 2.75) is 313 Å². The number of rotatable bonds is 48. The van der Waals surface area contributed by atoms with E-state index in [4.69, 9.17) is 9.47 Å². The Morgan fingerprint density at radius 2 is 0.896 bits per heavy atom. The van der Waals surface area contributed by atoms with E-state index in [0.717, 1.165) is 38.5 Å². The van der Waals surface area contributed by atoms with Gasteiger partial charge in [-0.3, -0.25) is 4.79 Å². The maximum atomic E-state index is 13.1. The van der Waals surface area contributed by atoms with Gasteiger partial charge in [0.1, 0.15) is 36.6 Å². The van der Waals surface area contributed by atoms with Crippen molar-refractivity contribution in [3.8, 4) is 0 Å². The Morgan fingerprint density at radius 1 is 0.507 bits per heavy atom. The summed E-state index contributed by atoms with van der Waals surface area (Å²) in [5, 5.41) is 75.9. The molecule has 1 saturated heterocycles. The number of hydrogen-bond acceptors (Lipinski definition) is 10. The van der Waals surface area contributed by atoms with Gasteiger partial charge in [0.2, 0.25) is 5.91 Å². The van der Waals surface area contributed by atoms with Crippen LogP contribution in [0.1, 0.15) is 258 Å². The van der Waals surface area contributed by atoms with Gasteiger partial charge in [0.25, 0.3) is 0 Å². The summed E-state index contributed by atoms with van der Waals surface area (Å²) in [5.74, 6) is -0.707. The highest BCUT2D eigenvalue weighted by Crippen LogP contribution is 2.23. The third-order valence-corrected chi connectivity index (χ3v) is 13.7. The molecule has 0 aliphatic carbocycles. The van der Waals surface area contributed by atoms with Gasteiger partial charge in [-0.25, -0.2) is 0 Å². The van der Waals surface area contributed by atoms with Crippen LogP contribution in [0.2, 0.25) is 0 Å². The number of aliphatic hydroxyl groups excluding tert-OH is 7.